The molecule has 138 valence electrons. The first-order chi connectivity index (χ1) is 12.9. The highest BCUT2D eigenvalue weighted by molar-refractivity contribution is 6.51. The van der Waals surface area contributed by atoms with Gasteiger partial charge in [-0.05, 0) is 50.5 Å². The van der Waals surface area contributed by atoms with E-state index in [0.29, 0.717) is 0 Å². The van der Waals surface area contributed by atoms with Gasteiger partial charge < -0.3 is 9.31 Å². The predicted molar refractivity (Wildman–Crippen MR) is 115 cm³/mol. The van der Waals surface area contributed by atoms with Gasteiger partial charge in [-0.1, -0.05) is 84.9 Å². The van der Waals surface area contributed by atoms with Crippen LogP contribution in [0.15, 0.2) is 84.9 Å². The molecule has 0 saturated carbocycles. The number of rotatable bonds is 5. The smallest absolute Gasteiger partial charge is 0.400 e. The molecular formula is C24H27BO2. The van der Waals surface area contributed by atoms with Crippen molar-refractivity contribution in [2.45, 2.75) is 38.9 Å². The molecule has 3 rings (SSSR count). The Bertz CT molecular complexity index is 817. The van der Waals surface area contributed by atoms with Crippen LogP contribution in [-0.2, 0) is 9.31 Å². The van der Waals surface area contributed by atoms with Gasteiger partial charge in [-0.3, -0.25) is 0 Å². The average molecular weight is 358 g/mol. The first-order valence-electron chi connectivity index (χ1n) is 9.40. The van der Waals surface area contributed by atoms with Gasteiger partial charge in [0.1, 0.15) is 0 Å². The van der Waals surface area contributed by atoms with E-state index in [1.165, 1.54) is 11.1 Å². The minimum absolute atomic E-state index is 0.311. The molecule has 3 heteroatoms. The summed E-state index contributed by atoms with van der Waals surface area (Å²) in [6, 6.07) is 20.7. The van der Waals surface area contributed by atoms with E-state index in [-0.39, 0.29) is 18.3 Å². The third-order valence-corrected chi connectivity index (χ3v) is 5.16. The molecule has 1 heterocycles. The zero-order chi connectivity index (χ0) is 19.3. The molecule has 1 aliphatic rings. The van der Waals surface area contributed by atoms with E-state index >= 15 is 0 Å². The normalized spacial score (nSPS) is 19.3. The van der Waals surface area contributed by atoms with E-state index in [1.54, 1.807) is 0 Å². The van der Waals surface area contributed by atoms with Crippen LogP contribution in [0.25, 0.3) is 11.6 Å². The summed E-state index contributed by atoms with van der Waals surface area (Å²) in [5, 5.41) is 0. The maximum Gasteiger partial charge on any atom is 0.487 e. The molecule has 1 saturated heterocycles. The second kappa shape index (κ2) is 8.12. The average Bonchev–Trinajstić information content (AvgIpc) is 2.86. The SMILES string of the molecule is CC1(C)OB(/C=C/C=C/C(=C/c2ccccc2)c2ccccc2)OC1(C)C. The lowest BCUT2D eigenvalue weighted by atomic mass is 9.90. The van der Waals surface area contributed by atoms with E-state index in [0.717, 1.165) is 5.57 Å². The van der Waals surface area contributed by atoms with Crippen LogP contribution in [0.3, 0.4) is 0 Å². The molecule has 0 aliphatic carbocycles. The highest BCUT2D eigenvalue weighted by atomic mass is 16.7. The van der Waals surface area contributed by atoms with Crippen molar-refractivity contribution in [3.63, 3.8) is 0 Å². The first kappa shape index (κ1) is 19.4. The predicted octanol–water partition coefficient (Wildman–Crippen LogP) is 5.97. The van der Waals surface area contributed by atoms with Crippen LogP contribution < -0.4 is 0 Å². The molecule has 0 aromatic heterocycles. The Morgan fingerprint density at radius 2 is 1.33 bits per heavy atom. The fourth-order valence-electron chi connectivity index (χ4n) is 2.87. The molecule has 2 aromatic rings. The topological polar surface area (TPSA) is 18.5 Å². The van der Waals surface area contributed by atoms with E-state index in [1.807, 2.05) is 30.3 Å². The summed E-state index contributed by atoms with van der Waals surface area (Å²) in [7, 11) is -0.321. The van der Waals surface area contributed by atoms with E-state index < -0.39 is 0 Å². The Morgan fingerprint density at radius 1 is 0.778 bits per heavy atom. The minimum atomic E-state index is -0.321. The van der Waals surface area contributed by atoms with Crippen molar-refractivity contribution in [3.05, 3.63) is 96.0 Å². The largest absolute Gasteiger partial charge is 0.487 e. The lowest BCUT2D eigenvalue weighted by molar-refractivity contribution is 0.00578. The molecule has 0 unspecified atom stereocenters. The van der Waals surface area contributed by atoms with Gasteiger partial charge in [0.15, 0.2) is 0 Å². The molecule has 1 aliphatic heterocycles. The molecule has 2 aromatic carbocycles. The summed E-state index contributed by atoms with van der Waals surface area (Å²) >= 11 is 0. The molecule has 27 heavy (non-hydrogen) atoms. The Hall–Kier alpha value is -2.36. The van der Waals surface area contributed by atoms with Gasteiger partial charge in [-0.15, -0.1) is 0 Å². The molecule has 1 fully saturated rings. The summed E-state index contributed by atoms with van der Waals surface area (Å²) in [6.07, 6.45) is 8.33. The molecule has 0 radical (unpaired) electrons. The zero-order valence-corrected chi connectivity index (χ0v) is 16.6. The van der Waals surface area contributed by atoms with Gasteiger partial charge in [-0.2, -0.15) is 0 Å². The van der Waals surface area contributed by atoms with Crippen molar-refractivity contribution in [2.24, 2.45) is 0 Å². The second-order valence-electron chi connectivity index (χ2n) is 7.75. The van der Waals surface area contributed by atoms with Crippen LogP contribution in [0.1, 0.15) is 38.8 Å². The Balaban J connectivity index is 1.76. The fraction of sp³-hybridized carbons (Fsp3) is 0.250. The zero-order valence-electron chi connectivity index (χ0n) is 16.6. The number of hydrogen-bond acceptors (Lipinski definition) is 2. The van der Waals surface area contributed by atoms with Crippen LogP contribution in [0, 0.1) is 0 Å². The van der Waals surface area contributed by atoms with Crippen LogP contribution >= 0.6 is 0 Å². The van der Waals surface area contributed by atoms with Gasteiger partial charge in [-0.25, -0.2) is 0 Å². The number of allylic oxidation sites excluding steroid dienone is 4. The Kier molecular flexibility index (Phi) is 5.84. The third-order valence-electron chi connectivity index (χ3n) is 5.16. The standard InChI is InChI=1S/C24H27BO2/c1-23(2)24(3,4)27-25(26-23)18-12-11-17-22(21-15-9-6-10-16-21)19-20-13-7-5-8-14-20/h5-19H,1-4H3/b17-11+,18-12+,22-19-. The Morgan fingerprint density at radius 3 is 1.93 bits per heavy atom. The van der Waals surface area contributed by atoms with Gasteiger partial charge in [0.2, 0.25) is 0 Å². The van der Waals surface area contributed by atoms with Crippen molar-refractivity contribution in [2.75, 3.05) is 0 Å². The fourth-order valence-corrected chi connectivity index (χ4v) is 2.87. The van der Waals surface area contributed by atoms with Crippen molar-refractivity contribution in [3.8, 4) is 0 Å². The Labute approximate surface area is 163 Å². The minimum Gasteiger partial charge on any atom is -0.400 e. The molecule has 0 amide bonds. The molecule has 0 N–H and O–H groups in total. The maximum absolute atomic E-state index is 5.99. The van der Waals surface area contributed by atoms with Crippen molar-refractivity contribution in [1.29, 1.82) is 0 Å². The van der Waals surface area contributed by atoms with Gasteiger partial charge in [0.25, 0.3) is 0 Å². The van der Waals surface area contributed by atoms with Crippen molar-refractivity contribution < 1.29 is 9.31 Å². The number of hydrogen-bond donors (Lipinski definition) is 0. The highest BCUT2D eigenvalue weighted by Gasteiger charge is 2.49. The van der Waals surface area contributed by atoms with Gasteiger partial charge >= 0.3 is 7.12 Å². The second-order valence-corrected chi connectivity index (χ2v) is 7.75. The van der Waals surface area contributed by atoms with Crippen molar-refractivity contribution >= 4 is 18.8 Å². The number of benzene rings is 2. The van der Waals surface area contributed by atoms with E-state index in [9.17, 15) is 0 Å². The lowest BCUT2D eigenvalue weighted by Crippen LogP contribution is -2.41. The van der Waals surface area contributed by atoms with Crippen LogP contribution in [0.2, 0.25) is 0 Å². The van der Waals surface area contributed by atoms with Crippen molar-refractivity contribution in [1.82, 2.24) is 0 Å². The highest BCUT2D eigenvalue weighted by Crippen LogP contribution is 2.36. The first-order valence-corrected chi connectivity index (χ1v) is 9.40. The lowest BCUT2D eigenvalue weighted by Gasteiger charge is -2.32. The quantitative estimate of drug-likeness (QED) is 0.372. The molecule has 2 nitrogen and oxygen atoms in total. The van der Waals surface area contributed by atoms with Crippen LogP contribution in [0.5, 0.6) is 0 Å². The van der Waals surface area contributed by atoms with Gasteiger partial charge in [0, 0.05) is 0 Å². The summed E-state index contributed by atoms with van der Waals surface area (Å²) in [4.78, 5) is 0. The monoisotopic (exact) mass is 358 g/mol. The van der Waals surface area contributed by atoms with E-state index in [2.05, 4.69) is 88.4 Å². The molecule has 0 spiro atoms. The summed E-state index contributed by atoms with van der Waals surface area (Å²) in [6.45, 7) is 8.25. The molecule has 0 bridgehead atoms. The van der Waals surface area contributed by atoms with Crippen LogP contribution in [0.4, 0.5) is 0 Å². The summed E-state index contributed by atoms with van der Waals surface area (Å²) < 4.78 is 12.0. The van der Waals surface area contributed by atoms with E-state index in [4.69, 9.17) is 9.31 Å². The third kappa shape index (κ3) is 4.88. The summed E-state index contributed by atoms with van der Waals surface area (Å²) in [5.41, 5.74) is 2.89. The maximum atomic E-state index is 5.99. The molecule has 0 atom stereocenters. The molecular weight excluding hydrogens is 331 g/mol. The van der Waals surface area contributed by atoms with Crippen LogP contribution in [-0.4, -0.2) is 18.3 Å². The van der Waals surface area contributed by atoms with Gasteiger partial charge in [0.05, 0.1) is 11.2 Å². The summed E-state index contributed by atoms with van der Waals surface area (Å²) in [5.74, 6) is 1.96.